The molecule has 0 aliphatic carbocycles. The highest BCUT2D eigenvalue weighted by Crippen LogP contribution is 2.32. The van der Waals surface area contributed by atoms with Crippen LogP contribution >= 0.6 is 0 Å². The molecule has 0 radical (unpaired) electrons. The van der Waals surface area contributed by atoms with E-state index >= 15 is 0 Å². The van der Waals surface area contributed by atoms with Crippen molar-refractivity contribution >= 4 is 17.6 Å². The maximum atomic E-state index is 13.5. The molecule has 29 heavy (non-hydrogen) atoms. The molecule has 0 bridgehead atoms. The van der Waals surface area contributed by atoms with Crippen LogP contribution in [0.4, 0.5) is 10.1 Å². The number of nitrogens with one attached hydrogen (secondary N) is 2. The van der Waals surface area contributed by atoms with E-state index < -0.39 is 11.7 Å². The Morgan fingerprint density at radius 1 is 1.10 bits per heavy atom. The van der Waals surface area contributed by atoms with E-state index in [9.17, 15) is 9.18 Å². The molecule has 2 N–H and O–H groups in total. The van der Waals surface area contributed by atoms with Gasteiger partial charge in [0.15, 0.2) is 11.5 Å². The highest BCUT2D eigenvalue weighted by atomic mass is 19.1. The van der Waals surface area contributed by atoms with Crippen molar-refractivity contribution in [2.24, 2.45) is 4.99 Å². The first-order chi connectivity index (χ1) is 14.2. The minimum Gasteiger partial charge on any atom is -0.486 e. The van der Waals surface area contributed by atoms with Gasteiger partial charge in [-0.15, -0.1) is 0 Å². The number of carbonyl (C=O) groups excluding carboxylic acids is 1. The minimum absolute atomic E-state index is 0.0261. The Labute approximate surface area is 167 Å². The Kier molecular flexibility index (Phi) is 5.90. The van der Waals surface area contributed by atoms with Gasteiger partial charge in [0.1, 0.15) is 19.0 Å². The number of amides is 1. The molecular formula is C21H22FN3O4. The lowest BCUT2D eigenvalue weighted by molar-refractivity contribution is 0.0975. The van der Waals surface area contributed by atoms with Crippen LogP contribution in [0.3, 0.4) is 0 Å². The molecule has 7 nitrogen and oxygen atoms in total. The summed E-state index contributed by atoms with van der Waals surface area (Å²) >= 11 is 0. The number of benzene rings is 2. The smallest absolute Gasteiger partial charge is 0.258 e. The normalized spacial score (nSPS) is 18.4. The molecule has 2 aromatic rings. The molecule has 1 saturated heterocycles. The van der Waals surface area contributed by atoms with Crippen molar-refractivity contribution in [3.8, 4) is 11.5 Å². The zero-order chi connectivity index (χ0) is 20.1. The van der Waals surface area contributed by atoms with Gasteiger partial charge in [-0.2, -0.15) is 0 Å². The van der Waals surface area contributed by atoms with Crippen LogP contribution in [-0.2, 0) is 4.74 Å². The second-order valence-corrected chi connectivity index (χ2v) is 6.77. The van der Waals surface area contributed by atoms with Crippen molar-refractivity contribution < 1.29 is 23.4 Å². The van der Waals surface area contributed by atoms with Crippen LogP contribution in [0, 0.1) is 5.82 Å². The summed E-state index contributed by atoms with van der Waals surface area (Å²) in [6, 6.07) is 10.9. The molecule has 2 aromatic carbocycles. The number of guanidine groups is 1. The topological polar surface area (TPSA) is 81.2 Å². The van der Waals surface area contributed by atoms with Gasteiger partial charge in [0.25, 0.3) is 5.91 Å². The van der Waals surface area contributed by atoms with Crippen LogP contribution in [0.25, 0.3) is 0 Å². The van der Waals surface area contributed by atoms with E-state index in [1.807, 2.05) is 6.07 Å². The molecule has 152 valence electrons. The van der Waals surface area contributed by atoms with Crippen LogP contribution in [0.5, 0.6) is 11.5 Å². The number of hydrogen-bond donors (Lipinski definition) is 2. The van der Waals surface area contributed by atoms with Gasteiger partial charge in [0.05, 0.1) is 12.6 Å². The van der Waals surface area contributed by atoms with E-state index in [0.717, 1.165) is 19.4 Å². The summed E-state index contributed by atoms with van der Waals surface area (Å²) in [5.41, 5.74) is 0.888. The number of fused-ring (bicyclic) bond motifs is 1. The predicted molar refractivity (Wildman–Crippen MR) is 106 cm³/mol. The Hall–Kier alpha value is -3.13. The van der Waals surface area contributed by atoms with Crippen molar-refractivity contribution in [2.45, 2.75) is 18.9 Å². The molecule has 2 heterocycles. The summed E-state index contributed by atoms with van der Waals surface area (Å²) in [5.74, 6) is 0.613. The molecule has 8 heteroatoms. The van der Waals surface area contributed by atoms with Gasteiger partial charge in [0, 0.05) is 23.9 Å². The third kappa shape index (κ3) is 5.03. The van der Waals surface area contributed by atoms with Crippen molar-refractivity contribution in [1.29, 1.82) is 0 Å². The molecule has 4 rings (SSSR count). The molecule has 2 aliphatic rings. The SMILES string of the molecule is O=C(NC(=NCC1CCCO1)Nc1ccc2c(c1)OCCO2)c1cccc(F)c1. The molecule has 0 spiro atoms. The van der Waals surface area contributed by atoms with Gasteiger partial charge in [0.2, 0.25) is 5.96 Å². The van der Waals surface area contributed by atoms with Gasteiger partial charge in [-0.05, 0) is 43.2 Å². The Morgan fingerprint density at radius 2 is 1.97 bits per heavy atom. The van der Waals surface area contributed by atoms with Gasteiger partial charge in [-0.1, -0.05) is 6.07 Å². The zero-order valence-corrected chi connectivity index (χ0v) is 15.8. The average Bonchev–Trinajstić information content (AvgIpc) is 3.25. The molecule has 2 aliphatic heterocycles. The quantitative estimate of drug-likeness (QED) is 0.610. The Balaban J connectivity index is 1.51. The summed E-state index contributed by atoms with van der Waals surface area (Å²) in [7, 11) is 0. The van der Waals surface area contributed by atoms with E-state index in [1.54, 1.807) is 18.2 Å². The lowest BCUT2D eigenvalue weighted by Gasteiger charge is -2.19. The number of nitrogens with zero attached hydrogens (tertiary/aromatic N) is 1. The van der Waals surface area contributed by atoms with Crippen LogP contribution in [0.15, 0.2) is 47.5 Å². The highest BCUT2D eigenvalue weighted by molar-refractivity contribution is 6.10. The van der Waals surface area contributed by atoms with E-state index in [-0.39, 0.29) is 17.6 Å². The number of rotatable bonds is 4. The van der Waals surface area contributed by atoms with Crippen molar-refractivity contribution in [3.63, 3.8) is 0 Å². The van der Waals surface area contributed by atoms with E-state index in [1.165, 1.54) is 18.2 Å². The maximum absolute atomic E-state index is 13.5. The molecule has 1 amide bonds. The minimum atomic E-state index is -0.477. The second kappa shape index (κ2) is 8.91. The van der Waals surface area contributed by atoms with Crippen molar-refractivity contribution in [3.05, 3.63) is 53.8 Å². The largest absolute Gasteiger partial charge is 0.486 e. The highest BCUT2D eigenvalue weighted by Gasteiger charge is 2.17. The summed E-state index contributed by atoms with van der Waals surface area (Å²) in [5, 5.41) is 5.82. The standard InChI is InChI=1S/C21H22FN3O4/c22-15-4-1-3-14(11-15)20(26)25-21(23-13-17-5-2-8-27-17)24-16-6-7-18-19(12-16)29-10-9-28-18/h1,3-4,6-7,11-12,17H,2,5,8-10,13H2,(H2,23,24,25,26). The van der Waals surface area contributed by atoms with E-state index in [4.69, 9.17) is 14.2 Å². The zero-order valence-electron chi connectivity index (χ0n) is 15.8. The number of hydrogen-bond acceptors (Lipinski definition) is 5. The van der Waals surface area contributed by atoms with Crippen molar-refractivity contribution in [2.75, 3.05) is 31.7 Å². The first kappa shape index (κ1) is 19.2. The first-order valence-corrected chi connectivity index (χ1v) is 9.57. The van der Waals surface area contributed by atoms with Gasteiger partial charge in [-0.25, -0.2) is 9.38 Å². The summed E-state index contributed by atoms with van der Waals surface area (Å²) in [6.45, 7) is 2.13. The molecule has 1 atom stereocenters. The number of anilines is 1. The van der Waals surface area contributed by atoms with E-state index in [2.05, 4.69) is 15.6 Å². The van der Waals surface area contributed by atoms with Gasteiger partial charge in [-0.3, -0.25) is 10.1 Å². The van der Waals surface area contributed by atoms with Crippen LogP contribution in [-0.4, -0.2) is 44.3 Å². The predicted octanol–water partition coefficient (Wildman–Crippen LogP) is 2.97. The molecule has 0 aromatic heterocycles. The molecule has 0 saturated carbocycles. The lowest BCUT2D eigenvalue weighted by Crippen LogP contribution is -2.36. The fraction of sp³-hybridized carbons (Fsp3) is 0.333. The lowest BCUT2D eigenvalue weighted by atomic mass is 10.2. The number of aliphatic imine (C=N–C) groups is 1. The van der Waals surface area contributed by atoms with E-state index in [0.29, 0.717) is 36.9 Å². The van der Waals surface area contributed by atoms with Crippen LogP contribution in [0.1, 0.15) is 23.2 Å². The number of ether oxygens (including phenoxy) is 3. The van der Waals surface area contributed by atoms with Gasteiger partial charge >= 0.3 is 0 Å². The fourth-order valence-corrected chi connectivity index (χ4v) is 3.16. The summed E-state index contributed by atoms with van der Waals surface area (Å²) in [6.07, 6.45) is 1.96. The fourth-order valence-electron chi connectivity index (χ4n) is 3.16. The van der Waals surface area contributed by atoms with Crippen LogP contribution in [0.2, 0.25) is 0 Å². The summed E-state index contributed by atoms with van der Waals surface area (Å²) < 4.78 is 30.2. The average molecular weight is 399 g/mol. The first-order valence-electron chi connectivity index (χ1n) is 9.57. The Bertz CT molecular complexity index is 913. The molecule has 1 fully saturated rings. The van der Waals surface area contributed by atoms with Crippen LogP contribution < -0.4 is 20.1 Å². The second-order valence-electron chi connectivity index (χ2n) is 6.77. The maximum Gasteiger partial charge on any atom is 0.258 e. The number of halogens is 1. The molecular weight excluding hydrogens is 377 g/mol. The van der Waals surface area contributed by atoms with Gasteiger partial charge < -0.3 is 19.5 Å². The summed E-state index contributed by atoms with van der Waals surface area (Å²) in [4.78, 5) is 17.0. The monoisotopic (exact) mass is 399 g/mol. The third-order valence-electron chi connectivity index (χ3n) is 4.60. The van der Waals surface area contributed by atoms with Crippen molar-refractivity contribution in [1.82, 2.24) is 5.32 Å². The molecule has 1 unspecified atom stereocenters. The number of carbonyl (C=O) groups is 1. The Morgan fingerprint density at radius 3 is 2.76 bits per heavy atom. The third-order valence-corrected chi connectivity index (χ3v) is 4.60.